The molecule has 1 saturated heterocycles. The van der Waals surface area contributed by atoms with Crippen molar-refractivity contribution in [1.82, 2.24) is 14.6 Å². The number of rotatable bonds is 5. The second-order valence-corrected chi connectivity index (χ2v) is 9.18. The highest BCUT2D eigenvalue weighted by Crippen LogP contribution is 2.23. The summed E-state index contributed by atoms with van der Waals surface area (Å²) in [5, 5.41) is 0.593. The first kappa shape index (κ1) is 19.2. The minimum absolute atomic E-state index is 0.0535. The number of carbonyl (C=O) groups excluding carboxylic acids is 1. The Morgan fingerprint density at radius 3 is 2.29 bits per heavy atom. The first-order valence-corrected chi connectivity index (χ1v) is 11.1. The van der Waals surface area contributed by atoms with Crippen molar-refractivity contribution in [3.8, 4) is 0 Å². The monoisotopic (exact) mass is 420 g/mol. The Balaban J connectivity index is 1.37. The number of halogens is 1. The lowest BCUT2D eigenvalue weighted by Gasteiger charge is -2.35. The summed E-state index contributed by atoms with van der Waals surface area (Å²) in [6, 6.07) is 9.87. The van der Waals surface area contributed by atoms with Gasteiger partial charge in [0, 0.05) is 44.0 Å². The maximum absolute atomic E-state index is 12.7. The lowest BCUT2D eigenvalue weighted by Crippen LogP contribution is -2.49. The van der Waals surface area contributed by atoms with Crippen LogP contribution >= 0.6 is 11.6 Å². The molecule has 1 amide bonds. The van der Waals surface area contributed by atoms with Crippen LogP contribution in [0.1, 0.15) is 23.2 Å². The van der Waals surface area contributed by atoms with Crippen LogP contribution in [-0.2, 0) is 10.0 Å². The Hall–Kier alpha value is -2.16. The van der Waals surface area contributed by atoms with Crippen molar-refractivity contribution in [2.45, 2.75) is 23.8 Å². The number of benzene rings is 1. The van der Waals surface area contributed by atoms with E-state index in [0.717, 1.165) is 18.7 Å². The van der Waals surface area contributed by atoms with E-state index >= 15 is 0 Å². The van der Waals surface area contributed by atoms with Crippen molar-refractivity contribution in [1.29, 1.82) is 0 Å². The van der Waals surface area contributed by atoms with E-state index in [1.54, 1.807) is 29.3 Å². The Kier molecular flexibility index (Phi) is 5.27. The molecule has 1 aromatic carbocycles. The zero-order valence-electron chi connectivity index (χ0n) is 15.2. The maximum Gasteiger partial charge on any atom is 0.253 e. The number of carbonyl (C=O) groups is 1. The SMILES string of the molecule is O=C(c1ccc(S(=O)(=O)NC2CC2)cc1)N1CCN(c2ccc(Cl)cn2)CC1. The summed E-state index contributed by atoms with van der Waals surface area (Å²) in [6.07, 6.45) is 3.38. The average Bonchev–Trinajstić information content (AvgIpc) is 3.52. The van der Waals surface area contributed by atoms with Crippen LogP contribution in [0.5, 0.6) is 0 Å². The summed E-state index contributed by atoms with van der Waals surface area (Å²) in [5.41, 5.74) is 0.489. The number of hydrogen-bond donors (Lipinski definition) is 1. The van der Waals surface area contributed by atoms with Gasteiger partial charge in [0.1, 0.15) is 5.82 Å². The van der Waals surface area contributed by atoms with Gasteiger partial charge in [-0.15, -0.1) is 0 Å². The lowest BCUT2D eigenvalue weighted by molar-refractivity contribution is 0.0746. The van der Waals surface area contributed by atoms with E-state index in [4.69, 9.17) is 11.6 Å². The van der Waals surface area contributed by atoms with Crippen LogP contribution in [0.2, 0.25) is 5.02 Å². The van der Waals surface area contributed by atoms with Crippen LogP contribution in [0.3, 0.4) is 0 Å². The summed E-state index contributed by atoms with van der Waals surface area (Å²) < 4.78 is 27.1. The van der Waals surface area contributed by atoms with Gasteiger partial charge in [0.25, 0.3) is 5.91 Å². The van der Waals surface area contributed by atoms with Gasteiger partial charge in [-0.25, -0.2) is 18.1 Å². The molecule has 0 unspecified atom stereocenters. The fourth-order valence-corrected chi connectivity index (χ4v) is 4.56. The molecule has 1 aliphatic heterocycles. The van der Waals surface area contributed by atoms with Crippen LogP contribution in [0.25, 0.3) is 0 Å². The number of hydrogen-bond acceptors (Lipinski definition) is 5. The number of amides is 1. The predicted octanol–water partition coefficient (Wildman–Crippen LogP) is 2.14. The van der Waals surface area contributed by atoms with Gasteiger partial charge in [0.05, 0.1) is 9.92 Å². The fraction of sp³-hybridized carbons (Fsp3) is 0.368. The number of pyridine rings is 1. The molecule has 1 aliphatic carbocycles. The molecule has 1 aromatic heterocycles. The van der Waals surface area contributed by atoms with E-state index < -0.39 is 10.0 Å². The number of nitrogens with one attached hydrogen (secondary N) is 1. The largest absolute Gasteiger partial charge is 0.353 e. The summed E-state index contributed by atoms with van der Waals surface area (Å²) >= 11 is 5.87. The number of aromatic nitrogens is 1. The molecule has 28 heavy (non-hydrogen) atoms. The Morgan fingerprint density at radius 2 is 1.71 bits per heavy atom. The van der Waals surface area contributed by atoms with Gasteiger partial charge >= 0.3 is 0 Å². The van der Waals surface area contributed by atoms with Crippen LogP contribution in [-0.4, -0.2) is 56.4 Å². The Bertz CT molecular complexity index is 952. The third-order valence-electron chi connectivity index (χ3n) is 4.91. The van der Waals surface area contributed by atoms with Gasteiger partial charge in [-0.3, -0.25) is 4.79 Å². The molecule has 148 valence electrons. The molecule has 1 saturated carbocycles. The molecule has 2 aliphatic rings. The highest BCUT2D eigenvalue weighted by Gasteiger charge is 2.28. The van der Waals surface area contributed by atoms with Crippen LogP contribution < -0.4 is 9.62 Å². The standard InChI is InChI=1S/C19H21ClN4O3S/c20-15-3-8-18(21-13-15)23-9-11-24(12-10-23)19(25)14-1-6-17(7-2-14)28(26,27)22-16-4-5-16/h1-3,6-8,13,16,22H,4-5,9-12H2. The molecule has 0 spiro atoms. The normalized spacial score (nSPS) is 17.6. The number of piperazine rings is 1. The van der Waals surface area contributed by atoms with E-state index in [-0.39, 0.29) is 16.8 Å². The Morgan fingerprint density at radius 1 is 1.04 bits per heavy atom. The third-order valence-corrected chi connectivity index (χ3v) is 6.67. The molecule has 9 heteroatoms. The molecular formula is C19H21ClN4O3S. The highest BCUT2D eigenvalue weighted by atomic mass is 35.5. The summed E-state index contributed by atoms with van der Waals surface area (Å²) in [4.78, 5) is 21.1. The van der Waals surface area contributed by atoms with Gasteiger partial charge in [-0.05, 0) is 49.2 Å². The lowest BCUT2D eigenvalue weighted by atomic mass is 10.2. The van der Waals surface area contributed by atoms with Crippen LogP contribution in [0.4, 0.5) is 5.82 Å². The second kappa shape index (κ2) is 7.69. The van der Waals surface area contributed by atoms with Gasteiger partial charge in [0.15, 0.2) is 0 Å². The van der Waals surface area contributed by atoms with Crippen LogP contribution in [0.15, 0.2) is 47.5 Å². The van der Waals surface area contributed by atoms with E-state index in [1.165, 1.54) is 12.1 Å². The minimum atomic E-state index is -3.50. The van der Waals surface area contributed by atoms with E-state index in [9.17, 15) is 13.2 Å². The predicted molar refractivity (Wildman–Crippen MR) is 107 cm³/mol. The van der Waals surface area contributed by atoms with E-state index in [0.29, 0.717) is 36.8 Å². The zero-order valence-corrected chi connectivity index (χ0v) is 16.8. The third kappa shape index (κ3) is 4.29. The maximum atomic E-state index is 12.7. The zero-order chi connectivity index (χ0) is 19.7. The smallest absolute Gasteiger partial charge is 0.253 e. The van der Waals surface area contributed by atoms with E-state index in [2.05, 4.69) is 14.6 Å². The van der Waals surface area contributed by atoms with Crippen molar-refractivity contribution in [2.24, 2.45) is 0 Å². The van der Waals surface area contributed by atoms with Crippen molar-refractivity contribution < 1.29 is 13.2 Å². The molecule has 1 N–H and O–H groups in total. The highest BCUT2D eigenvalue weighted by molar-refractivity contribution is 7.89. The summed E-state index contributed by atoms with van der Waals surface area (Å²) in [6.45, 7) is 2.51. The molecule has 7 nitrogen and oxygen atoms in total. The van der Waals surface area contributed by atoms with Crippen molar-refractivity contribution >= 4 is 33.3 Å². The molecular weight excluding hydrogens is 400 g/mol. The first-order chi connectivity index (χ1) is 13.4. The van der Waals surface area contributed by atoms with Crippen molar-refractivity contribution in [2.75, 3.05) is 31.1 Å². The molecule has 0 atom stereocenters. The summed E-state index contributed by atoms with van der Waals surface area (Å²) in [5.74, 6) is 0.747. The van der Waals surface area contributed by atoms with Crippen molar-refractivity contribution in [3.05, 3.63) is 53.2 Å². The van der Waals surface area contributed by atoms with Gasteiger partial charge in [-0.1, -0.05) is 11.6 Å². The molecule has 2 heterocycles. The van der Waals surface area contributed by atoms with Gasteiger partial charge in [-0.2, -0.15) is 0 Å². The molecule has 0 radical (unpaired) electrons. The molecule has 4 rings (SSSR count). The van der Waals surface area contributed by atoms with Crippen LogP contribution in [0, 0.1) is 0 Å². The quantitative estimate of drug-likeness (QED) is 0.801. The Labute approximate surface area is 169 Å². The first-order valence-electron chi connectivity index (χ1n) is 9.20. The molecule has 0 bridgehead atoms. The van der Waals surface area contributed by atoms with Gasteiger partial charge in [0.2, 0.25) is 10.0 Å². The molecule has 2 aromatic rings. The average molecular weight is 421 g/mol. The molecule has 2 fully saturated rings. The number of anilines is 1. The minimum Gasteiger partial charge on any atom is -0.353 e. The van der Waals surface area contributed by atoms with E-state index in [1.807, 2.05) is 6.07 Å². The van der Waals surface area contributed by atoms with Crippen molar-refractivity contribution in [3.63, 3.8) is 0 Å². The number of nitrogens with zero attached hydrogens (tertiary/aromatic N) is 3. The summed E-state index contributed by atoms with van der Waals surface area (Å²) in [7, 11) is -3.50. The fourth-order valence-electron chi connectivity index (χ4n) is 3.14. The van der Waals surface area contributed by atoms with Gasteiger partial charge < -0.3 is 9.80 Å². The topological polar surface area (TPSA) is 82.6 Å². The number of sulfonamides is 1. The second-order valence-electron chi connectivity index (χ2n) is 7.03.